The van der Waals surface area contributed by atoms with Gasteiger partial charge in [0.15, 0.2) is 0 Å². The van der Waals surface area contributed by atoms with Gasteiger partial charge in [-0.3, -0.25) is 4.79 Å². The Labute approximate surface area is 155 Å². The fourth-order valence-corrected chi connectivity index (χ4v) is 4.54. The van der Waals surface area contributed by atoms with Gasteiger partial charge in [0, 0.05) is 38.5 Å². The van der Waals surface area contributed by atoms with E-state index in [-0.39, 0.29) is 18.5 Å². The lowest BCUT2D eigenvalue weighted by Crippen LogP contribution is -2.50. The molecular weight excluding hydrogens is 358 g/mol. The molecule has 0 atom stereocenters. The molecule has 1 aromatic rings. The number of thiophene rings is 1. The normalized spacial score (nSPS) is 18.3. The molecular formula is C17H23N3O5S. The molecule has 1 saturated heterocycles. The summed E-state index contributed by atoms with van der Waals surface area (Å²) in [5.41, 5.74) is 0.473. The molecule has 9 heteroatoms. The van der Waals surface area contributed by atoms with Crippen molar-refractivity contribution in [2.24, 2.45) is 0 Å². The number of fused-ring (bicyclic) bond motifs is 2. The Balaban J connectivity index is 1.64. The Bertz CT molecular complexity index is 722. The summed E-state index contributed by atoms with van der Waals surface area (Å²) in [5, 5.41) is 11.8. The van der Waals surface area contributed by atoms with Crippen molar-refractivity contribution in [2.75, 3.05) is 40.3 Å². The summed E-state index contributed by atoms with van der Waals surface area (Å²) >= 11 is 1.32. The molecule has 2 aliphatic rings. The van der Waals surface area contributed by atoms with E-state index in [0.29, 0.717) is 37.4 Å². The van der Waals surface area contributed by atoms with Gasteiger partial charge in [0.2, 0.25) is 5.91 Å². The number of hydrogen-bond acceptors (Lipinski definition) is 5. The molecule has 0 bridgehead atoms. The van der Waals surface area contributed by atoms with E-state index in [2.05, 4.69) is 5.32 Å². The van der Waals surface area contributed by atoms with Crippen molar-refractivity contribution in [3.63, 3.8) is 0 Å². The fourth-order valence-electron chi connectivity index (χ4n) is 3.47. The largest absolute Gasteiger partial charge is 0.477 e. The van der Waals surface area contributed by atoms with Crippen LogP contribution in [-0.2, 0) is 21.6 Å². The Kier molecular flexibility index (Phi) is 5.19. The average Bonchev–Trinajstić information content (AvgIpc) is 3.06. The molecule has 8 nitrogen and oxygen atoms in total. The van der Waals surface area contributed by atoms with Crippen molar-refractivity contribution in [3.05, 3.63) is 21.4 Å². The first-order valence-corrected chi connectivity index (χ1v) is 9.37. The maximum atomic E-state index is 12.3. The van der Waals surface area contributed by atoms with E-state index >= 15 is 0 Å². The van der Waals surface area contributed by atoms with Crippen molar-refractivity contribution >= 4 is 29.2 Å². The van der Waals surface area contributed by atoms with Gasteiger partial charge in [-0.15, -0.1) is 11.3 Å². The molecule has 3 rings (SSSR count). The number of aromatic carboxylic acids is 1. The number of urea groups is 1. The summed E-state index contributed by atoms with van der Waals surface area (Å²) in [6.45, 7) is 1.58. The van der Waals surface area contributed by atoms with Crippen molar-refractivity contribution in [1.82, 2.24) is 15.1 Å². The van der Waals surface area contributed by atoms with Crippen LogP contribution >= 0.6 is 11.3 Å². The predicted octanol–water partition coefficient (Wildman–Crippen LogP) is 1.11. The minimum atomic E-state index is -0.913. The molecule has 1 aromatic heterocycles. The number of ether oxygens (including phenoxy) is 1. The molecule has 0 radical (unpaired) electrons. The lowest BCUT2D eigenvalue weighted by atomic mass is 9.82. The van der Waals surface area contributed by atoms with E-state index in [1.807, 2.05) is 0 Å². The Morgan fingerprint density at radius 2 is 2.04 bits per heavy atom. The Morgan fingerprint density at radius 1 is 1.35 bits per heavy atom. The zero-order chi connectivity index (χ0) is 18.9. The van der Waals surface area contributed by atoms with Crippen LogP contribution in [0, 0.1) is 0 Å². The highest BCUT2D eigenvalue weighted by Crippen LogP contribution is 2.44. The van der Waals surface area contributed by atoms with Crippen molar-refractivity contribution in [3.8, 4) is 0 Å². The highest BCUT2D eigenvalue weighted by Gasteiger charge is 2.43. The summed E-state index contributed by atoms with van der Waals surface area (Å²) in [6.07, 6.45) is 1.99. The predicted molar refractivity (Wildman–Crippen MR) is 95.5 cm³/mol. The number of rotatable bonds is 3. The third kappa shape index (κ3) is 3.54. The van der Waals surface area contributed by atoms with Crippen LogP contribution in [0.2, 0.25) is 0 Å². The van der Waals surface area contributed by atoms with Gasteiger partial charge in [-0.25, -0.2) is 9.59 Å². The third-order valence-corrected chi connectivity index (χ3v) is 6.12. The van der Waals surface area contributed by atoms with Crippen LogP contribution in [0.15, 0.2) is 6.07 Å². The topological polar surface area (TPSA) is 99.2 Å². The van der Waals surface area contributed by atoms with Gasteiger partial charge < -0.3 is 25.0 Å². The van der Waals surface area contributed by atoms with Crippen LogP contribution in [-0.4, -0.2) is 73.2 Å². The standard InChI is InChI=1S/C17H23N3O5S/c1-19(2)16(24)18-10-14(21)20-6-4-17(5-7-20)11-9-13(15(22)23)26-12(11)3-8-25-17/h9H,3-8,10H2,1-2H3,(H,18,24)(H,22,23). The van der Waals surface area contributed by atoms with E-state index < -0.39 is 11.6 Å². The molecule has 0 aromatic carbocycles. The van der Waals surface area contributed by atoms with E-state index in [1.54, 1.807) is 25.1 Å². The molecule has 0 saturated carbocycles. The minimum Gasteiger partial charge on any atom is -0.477 e. The highest BCUT2D eigenvalue weighted by atomic mass is 32.1. The molecule has 3 heterocycles. The molecule has 1 fully saturated rings. The number of carboxylic acids is 1. The number of likely N-dealkylation sites (tertiary alicyclic amines) is 1. The lowest BCUT2D eigenvalue weighted by molar-refractivity contribution is -0.139. The third-order valence-electron chi connectivity index (χ3n) is 4.94. The first kappa shape index (κ1) is 18.7. The second kappa shape index (κ2) is 7.24. The summed E-state index contributed by atoms with van der Waals surface area (Å²) in [4.78, 5) is 39.7. The highest BCUT2D eigenvalue weighted by molar-refractivity contribution is 7.14. The number of carbonyl (C=O) groups is 3. The van der Waals surface area contributed by atoms with Crippen molar-refractivity contribution < 1.29 is 24.2 Å². The molecule has 3 amide bonds. The van der Waals surface area contributed by atoms with Crippen LogP contribution in [0.5, 0.6) is 0 Å². The first-order chi connectivity index (χ1) is 12.3. The number of nitrogens with zero attached hydrogens (tertiary/aromatic N) is 2. The van der Waals surface area contributed by atoms with E-state index in [4.69, 9.17) is 4.74 Å². The summed E-state index contributed by atoms with van der Waals surface area (Å²) in [6, 6.07) is 1.43. The maximum Gasteiger partial charge on any atom is 0.345 e. The molecule has 2 aliphatic heterocycles. The van der Waals surface area contributed by atoms with Crippen LogP contribution in [0.1, 0.15) is 33.0 Å². The Hall–Kier alpha value is -2.13. The number of hydrogen-bond donors (Lipinski definition) is 2. The van der Waals surface area contributed by atoms with Gasteiger partial charge in [0.05, 0.1) is 18.8 Å². The van der Waals surface area contributed by atoms with E-state index in [0.717, 1.165) is 16.9 Å². The van der Waals surface area contributed by atoms with E-state index in [1.165, 1.54) is 16.2 Å². The van der Waals surface area contributed by atoms with Gasteiger partial charge in [-0.1, -0.05) is 0 Å². The summed E-state index contributed by atoms with van der Waals surface area (Å²) < 4.78 is 6.08. The van der Waals surface area contributed by atoms with Gasteiger partial charge >= 0.3 is 12.0 Å². The first-order valence-electron chi connectivity index (χ1n) is 8.56. The second-order valence-corrected chi connectivity index (χ2v) is 7.92. The van der Waals surface area contributed by atoms with Crippen LogP contribution in [0.25, 0.3) is 0 Å². The van der Waals surface area contributed by atoms with Gasteiger partial charge in [-0.2, -0.15) is 0 Å². The fraction of sp³-hybridized carbons (Fsp3) is 0.588. The van der Waals surface area contributed by atoms with E-state index in [9.17, 15) is 19.5 Å². The monoisotopic (exact) mass is 381 g/mol. The smallest absolute Gasteiger partial charge is 0.345 e. The lowest BCUT2D eigenvalue weighted by Gasteiger charge is -2.44. The number of amides is 3. The van der Waals surface area contributed by atoms with Crippen LogP contribution in [0.3, 0.4) is 0 Å². The Morgan fingerprint density at radius 3 is 2.65 bits per heavy atom. The van der Waals surface area contributed by atoms with Gasteiger partial charge in [0.1, 0.15) is 4.88 Å². The molecule has 0 unspecified atom stereocenters. The molecule has 0 aliphatic carbocycles. The van der Waals surface area contributed by atoms with Crippen LogP contribution in [0.4, 0.5) is 4.79 Å². The van der Waals surface area contributed by atoms with Crippen LogP contribution < -0.4 is 5.32 Å². The quantitative estimate of drug-likeness (QED) is 0.817. The number of nitrogens with one attached hydrogen (secondary N) is 1. The minimum absolute atomic E-state index is 0.0300. The second-order valence-electron chi connectivity index (χ2n) is 6.78. The number of piperidine rings is 1. The summed E-state index contributed by atoms with van der Waals surface area (Å²) in [5.74, 6) is -1.04. The van der Waals surface area contributed by atoms with Gasteiger partial charge in [-0.05, 0) is 24.5 Å². The van der Waals surface area contributed by atoms with Crippen molar-refractivity contribution in [2.45, 2.75) is 24.9 Å². The SMILES string of the molecule is CN(C)C(=O)NCC(=O)N1CCC2(CC1)OCCc1sc(C(=O)O)cc12. The number of carboxylic acid groups (broad SMARTS) is 1. The zero-order valence-corrected chi connectivity index (χ0v) is 15.7. The van der Waals surface area contributed by atoms with Gasteiger partial charge in [0.25, 0.3) is 0 Å². The number of carbonyl (C=O) groups excluding carboxylic acids is 2. The van der Waals surface area contributed by atoms with Crippen molar-refractivity contribution in [1.29, 1.82) is 0 Å². The maximum absolute atomic E-state index is 12.3. The zero-order valence-electron chi connectivity index (χ0n) is 14.9. The molecule has 1 spiro atoms. The molecule has 2 N–H and O–H groups in total. The average molecular weight is 381 g/mol. The molecule has 142 valence electrons. The summed E-state index contributed by atoms with van der Waals surface area (Å²) in [7, 11) is 3.24. The molecule has 26 heavy (non-hydrogen) atoms.